The van der Waals surface area contributed by atoms with Crippen molar-refractivity contribution in [3.8, 4) is 5.75 Å². The van der Waals surface area contributed by atoms with Gasteiger partial charge in [0.15, 0.2) is 6.61 Å². The highest BCUT2D eigenvalue weighted by molar-refractivity contribution is 6.08. The van der Waals surface area contributed by atoms with E-state index in [1.807, 2.05) is 0 Å². The zero-order valence-electron chi connectivity index (χ0n) is 16.5. The van der Waals surface area contributed by atoms with Crippen LogP contribution in [0.1, 0.15) is 38.2 Å². The molecule has 1 aromatic carbocycles. The Kier molecular flexibility index (Phi) is 6.05. The molecule has 0 aromatic heterocycles. The molecule has 0 unspecified atom stereocenters. The maximum atomic E-state index is 12.7. The van der Waals surface area contributed by atoms with Crippen molar-refractivity contribution in [2.75, 3.05) is 13.7 Å². The number of hydrogen-bond donors (Lipinski definition) is 2. The van der Waals surface area contributed by atoms with E-state index in [-0.39, 0.29) is 6.42 Å². The van der Waals surface area contributed by atoms with Crippen LogP contribution in [0.3, 0.4) is 0 Å². The first-order valence-electron chi connectivity index (χ1n) is 9.58. The molecule has 9 nitrogen and oxygen atoms in total. The average molecular weight is 403 g/mol. The molecule has 0 radical (unpaired) electrons. The SMILES string of the molecule is COc1ccccc1CC(=O)OCC(=O)NN1C(=O)NC2(CCC(C)CC2)C1=O. The monoisotopic (exact) mass is 403 g/mol. The fourth-order valence-electron chi connectivity index (χ4n) is 3.67. The van der Waals surface area contributed by atoms with Crippen molar-refractivity contribution in [1.82, 2.24) is 15.8 Å². The number of hydrazine groups is 1. The average Bonchev–Trinajstić information content (AvgIpc) is 2.93. The van der Waals surface area contributed by atoms with Gasteiger partial charge in [-0.05, 0) is 37.7 Å². The molecule has 1 aromatic rings. The number of carbonyl (C=O) groups excluding carboxylic acids is 4. The van der Waals surface area contributed by atoms with Crippen LogP contribution in [0, 0.1) is 5.92 Å². The predicted molar refractivity (Wildman–Crippen MR) is 102 cm³/mol. The molecule has 1 saturated heterocycles. The highest BCUT2D eigenvalue weighted by atomic mass is 16.5. The molecule has 1 aliphatic carbocycles. The lowest BCUT2D eigenvalue weighted by atomic mass is 9.77. The third-order valence-electron chi connectivity index (χ3n) is 5.42. The molecular weight excluding hydrogens is 378 g/mol. The molecule has 1 spiro atoms. The van der Waals surface area contributed by atoms with E-state index >= 15 is 0 Å². The lowest BCUT2D eigenvalue weighted by molar-refractivity contribution is -0.150. The Balaban J connectivity index is 1.51. The minimum Gasteiger partial charge on any atom is -0.496 e. The van der Waals surface area contributed by atoms with Crippen LogP contribution < -0.4 is 15.5 Å². The zero-order chi connectivity index (χ0) is 21.0. The fraction of sp³-hybridized carbons (Fsp3) is 0.500. The van der Waals surface area contributed by atoms with Crippen molar-refractivity contribution in [3.05, 3.63) is 29.8 Å². The Labute approximate surface area is 168 Å². The molecule has 29 heavy (non-hydrogen) atoms. The van der Waals surface area contributed by atoms with Crippen molar-refractivity contribution < 1.29 is 28.7 Å². The molecule has 3 rings (SSSR count). The summed E-state index contributed by atoms with van der Waals surface area (Å²) in [4.78, 5) is 49.0. The standard InChI is InChI=1S/C20H25N3O6/c1-13-7-9-20(10-8-13)18(26)23(19(27)21-20)22-16(24)12-29-17(25)11-14-5-3-4-6-15(14)28-2/h3-6,13H,7-12H2,1-2H3,(H,21,27)(H,22,24). The Bertz CT molecular complexity index is 816. The summed E-state index contributed by atoms with van der Waals surface area (Å²) < 4.78 is 10.1. The first-order valence-corrected chi connectivity index (χ1v) is 9.58. The van der Waals surface area contributed by atoms with E-state index in [2.05, 4.69) is 17.7 Å². The second-order valence-electron chi connectivity index (χ2n) is 7.52. The van der Waals surface area contributed by atoms with Gasteiger partial charge >= 0.3 is 12.0 Å². The van der Waals surface area contributed by atoms with Crippen LogP contribution in [0.4, 0.5) is 4.79 Å². The summed E-state index contributed by atoms with van der Waals surface area (Å²) in [6, 6.07) is 6.31. The number of amides is 4. The van der Waals surface area contributed by atoms with Crippen molar-refractivity contribution >= 4 is 23.8 Å². The van der Waals surface area contributed by atoms with Crippen LogP contribution in [0.5, 0.6) is 5.75 Å². The Hall–Kier alpha value is -3.10. The number of hydrogen-bond acceptors (Lipinski definition) is 6. The molecule has 1 aliphatic heterocycles. The molecule has 9 heteroatoms. The van der Waals surface area contributed by atoms with Crippen LogP contribution in [0.25, 0.3) is 0 Å². The summed E-state index contributed by atoms with van der Waals surface area (Å²) in [7, 11) is 1.50. The summed E-state index contributed by atoms with van der Waals surface area (Å²) in [6.45, 7) is 1.50. The smallest absolute Gasteiger partial charge is 0.344 e. The molecule has 2 fully saturated rings. The number of urea groups is 1. The third kappa shape index (κ3) is 4.49. The predicted octanol–water partition coefficient (Wildman–Crippen LogP) is 1.31. The molecule has 0 bridgehead atoms. The number of imide groups is 1. The van der Waals surface area contributed by atoms with Gasteiger partial charge in [-0.25, -0.2) is 4.79 Å². The number of benzene rings is 1. The molecule has 1 saturated carbocycles. The maximum Gasteiger partial charge on any atom is 0.344 e. The van der Waals surface area contributed by atoms with Crippen LogP contribution in [0.15, 0.2) is 24.3 Å². The Morgan fingerprint density at radius 3 is 2.62 bits per heavy atom. The number of esters is 1. The van der Waals surface area contributed by atoms with Crippen LogP contribution in [-0.2, 0) is 25.5 Å². The van der Waals surface area contributed by atoms with Crippen LogP contribution in [-0.4, -0.2) is 48.1 Å². The van der Waals surface area contributed by atoms with Gasteiger partial charge in [0.1, 0.15) is 11.3 Å². The van der Waals surface area contributed by atoms with Gasteiger partial charge in [0, 0.05) is 5.56 Å². The molecule has 0 atom stereocenters. The first kappa shape index (κ1) is 20.6. The number of ether oxygens (including phenoxy) is 2. The number of nitrogens with zero attached hydrogens (tertiary/aromatic N) is 1. The second kappa shape index (κ2) is 8.50. The zero-order valence-corrected chi connectivity index (χ0v) is 16.5. The van der Waals surface area contributed by atoms with Gasteiger partial charge < -0.3 is 14.8 Å². The van der Waals surface area contributed by atoms with Gasteiger partial charge in [-0.3, -0.25) is 19.8 Å². The molecular formula is C20H25N3O6. The minimum absolute atomic E-state index is 0.0677. The van der Waals surface area contributed by atoms with Gasteiger partial charge in [-0.2, -0.15) is 5.01 Å². The second-order valence-corrected chi connectivity index (χ2v) is 7.52. The maximum absolute atomic E-state index is 12.7. The number of rotatable bonds is 6. The van der Waals surface area contributed by atoms with E-state index in [1.165, 1.54) is 7.11 Å². The first-order chi connectivity index (χ1) is 13.8. The largest absolute Gasteiger partial charge is 0.496 e. The molecule has 2 aliphatic rings. The van der Waals surface area contributed by atoms with E-state index in [0.717, 1.165) is 12.8 Å². The summed E-state index contributed by atoms with van der Waals surface area (Å²) in [5, 5.41) is 3.39. The van der Waals surface area contributed by atoms with E-state index < -0.39 is 36.0 Å². The summed E-state index contributed by atoms with van der Waals surface area (Å²) >= 11 is 0. The van der Waals surface area contributed by atoms with Gasteiger partial charge in [-0.15, -0.1) is 0 Å². The minimum atomic E-state index is -0.947. The Morgan fingerprint density at radius 1 is 1.24 bits per heavy atom. The summed E-state index contributed by atoms with van der Waals surface area (Å²) in [5.74, 6) is -0.817. The van der Waals surface area contributed by atoms with Crippen molar-refractivity contribution in [3.63, 3.8) is 0 Å². The normalized spacial score (nSPS) is 23.7. The number of carbonyl (C=O) groups is 4. The fourth-order valence-corrected chi connectivity index (χ4v) is 3.67. The van der Waals surface area contributed by atoms with E-state index in [9.17, 15) is 19.2 Å². The molecule has 1 heterocycles. The number of methoxy groups -OCH3 is 1. The van der Waals surface area contributed by atoms with Gasteiger partial charge in [0.2, 0.25) is 0 Å². The van der Waals surface area contributed by atoms with E-state index in [1.54, 1.807) is 24.3 Å². The van der Waals surface area contributed by atoms with Crippen molar-refractivity contribution in [1.29, 1.82) is 0 Å². The number of para-hydroxylation sites is 1. The highest BCUT2D eigenvalue weighted by Crippen LogP contribution is 2.35. The number of nitrogens with one attached hydrogen (secondary N) is 2. The van der Waals surface area contributed by atoms with Gasteiger partial charge in [-0.1, -0.05) is 25.1 Å². The lowest BCUT2D eigenvalue weighted by Gasteiger charge is -2.33. The van der Waals surface area contributed by atoms with Gasteiger partial charge in [0.05, 0.1) is 13.5 Å². The summed E-state index contributed by atoms with van der Waals surface area (Å²) in [6.07, 6.45) is 2.67. The van der Waals surface area contributed by atoms with E-state index in [0.29, 0.717) is 35.1 Å². The quantitative estimate of drug-likeness (QED) is 0.547. The van der Waals surface area contributed by atoms with Gasteiger partial charge in [0.25, 0.3) is 11.8 Å². The topological polar surface area (TPSA) is 114 Å². The highest BCUT2D eigenvalue weighted by Gasteiger charge is 2.52. The van der Waals surface area contributed by atoms with Crippen LogP contribution in [0.2, 0.25) is 0 Å². The van der Waals surface area contributed by atoms with Crippen molar-refractivity contribution in [2.45, 2.75) is 44.6 Å². The Morgan fingerprint density at radius 2 is 1.93 bits per heavy atom. The summed E-state index contributed by atoms with van der Waals surface area (Å²) in [5.41, 5.74) is 1.91. The molecule has 2 N–H and O–H groups in total. The third-order valence-corrected chi connectivity index (χ3v) is 5.42. The molecule has 156 valence electrons. The molecule has 4 amide bonds. The van der Waals surface area contributed by atoms with Crippen molar-refractivity contribution in [2.24, 2.45) is 5.92 Å². The van der Waals surface area contributed by atoms with Crippen LogP contribution >= 0.6 is 0 Å². The lowest BCUT2D eigenvalue weighted by Crippen LogP contribution is -2.52. The van der Waals surface area contributed by atoms with E-state index in [4.69, 9.17) is 9.47 Å².